The summed E-state index contributed by atoms with van der Waals surface area (Å²) in [6, 6.07) is 20.8. The first-order valence-corrected chi connectivity index (χ1v) is 10.6. The van der Waals surface area contributed by atoms with Crippen LogP contribution in [0.2, 0.25) is 5.02 Å². The highest BCUT2D eigenvalue weighted by molar-refractivity contribution is 6.31. The molecule has 0 aliphatic carbocycles. The van der Waals surface area contributed by atoms with Crippen LogP contribution in [0.3, 0.4) is 0 Å². The van der Waals surface area contributed by atoms with Crippen LogP contribution in [0.25, 0.3) is 6.08 Å². The molecule has 0 unspecified atom stereocenters. The molecule has 1 aliphatic heterocycles. The number of benzene rings is 3. The van der Waals surface area contributed by atoms with E-state index < -0.39 is 5.97 Å². The lowest BCUT2D eigenvalue weighted by Crippen LogP contribution is -2.05. The molecule has 4 rings (SSSR count). The van der Waals surface area contributed by atoms with E-state index in [9.17, 15) is 4.79 Å². The average molecular weight is 448 g/mol. The molecule has 0 aromatic heterocycles. The third-order valence-corrected chi connectivity index (χ3v) is 5.25. The number of hydrogen-bond donors (Lipinski definition) is 0. The van der Waals surface area contributed by atoms with E-state index in [2.05, 4.69) is 4.99 Å². The van der Waals surface area contributed by atoms with Crippen molar-refractivity contribution in [2.75, 3.05) is 6.61 Å². The van der Waals surface area contributed by atoms with Crippen LogP contribution in [-0.4, -0.2) is 18.5 Å². The number of halogens is 1. The molecule has 0 saturated heterocycles. The Morgan fingerprint density at radius 2 is 1.81 bits per heavy atom. The molecule has 0 bridgehead atoms. The number of nitrogens with zero attached hydrogens (tertiary/aromatic N) is 1. The molecular weight excluding hydrogens is 426 g/mol. The summed E-state index contributed by atoms with van der Waals surface area (Å²) >= 11 is 6.19. The predicted octanol–water partition coefficient (Wildman–Crippen LogP) is 5.97. The fourth-order valence-electron chi connectivity index (χ4n) is 3.15. The number of hydrogen-bond acceptors (Lipinski definition) is 5. The molecule has 5 nitrogen and oxygen atoms in total. The van der Waals surface area contributed by atoms with E-state index in [1.54, 1.807) is 12.1 Å². The molecule has 0 N–H and O–H groups in total. The van der Waals surface area contributed by atoms with E-state index in [1.807, 2.05) is 74.5 Å². The van der Waals surface area contributed by atoms with Crippen molar-refractivity contribution in [2.45, 2.75) is 20.5 Å². The molecule has 162 valence electrons. The fraction of sp³-hybridized carbons (Fsp3) is 0.154. The Hall–Kier alpha value is -3.57. The zero-order chi connectivity index (χ0) is 22.5. The highest BCUT2D eigenvalue weighted by atomic mass is 35.5. The molecule has 0 atom stereocenters. The van der Waals surface area contributed by atoms with Gasteiger partial charge in [-0.1, -0.05) is 54.1 Å². The first-order valence-electron chi connectivity index (χ1n) is 10.3. The number of carbonyl (C=O) groups is 1. The maximum atomic E-state index is 12.4. The van der Waals surface area contributed by atoms with Crippen LogP contribution in [0, 0.1) is 6.92 Å². The minimum absolute atomic E-state index is 0.206. The number of ether oxygens (including phenoxy) is 3. The molecule has 3 aromatic rings. The van der Waals surface area contributed by atoms with E-state index in [4.69, 9.17) is 25.8 Å². The number of rotatable bonds is 7. The zero-order valence-corrected chi connectivity index (χ0v) is 18.6. The molecule has 1 heterocycles. The van der Waals surface area contributed by atoms with E-state index in [0.29, 0.717) is 35.3 Å². The number of carbonyl (C=O) groups excluding carboxylic acids is 1. The van der Waals surface area contributed by atoms with Crippen LogP contribution in [-0.2, 0) is 16.1 Å². The molecule has 0 radical (unpaired) electrons. The number of aliphatic imine (C=N–C) groups is 1. The Kier molecular flexibility index (Phi) is 6.57. The molecule has 0 fully saturated rings. The molecule has 0 saturated carbocycles. The monoisotopic (exact) mass is 447 g/mol. The average Bonchev–Trinajstić information content (AvgIpc) is 3.16. The zero-order valence-electron chi connectivity index (χ0n) is 17.8. The van der Waals surface area contributed by atoms with Crippen LogP contribution in [0.5, 0.6) is 11.5 Å². The molecule has 1 aliphatic rings. The second kappa shape index (κ2) is 9.71. The summed E-state index contributed by atoms with van der Waals surface area (Å²) < 4.78 is 17.0. The van der Waals surface area contributed by atoms with Gasteiger partial charge in [-0.2, -0.15) is 0 Å². The van der Waals surface area contributed by atoms with Crippen molar-refractivity contribution in [3.05, 3.63) is 99.7 Å². The maximum Gasteiger partial charge on any atom is 0.363 e. The van der Waals surface area contributed by atoms with Gasteiger partial charge in [-0.15, -0.1) is 0 Å². The van der Waals surface area contributed by atoms with Gasteiger partial charge >= 0.3 is 5.97 Å². The summed E-state index contributed by atoms with van der Waals surface area (Å²) in [5.41, 5.74) is 3.61. The SMILES string of the molecule is CCOc1cc(/C=C2/N=C(c3ccc(C)c(Cl)c3)OC2=O)ccc1OCc1ccccc1. The van der Waals surface area contributed by atoms with Crippen LogP contribution in [0.15, 0.2) is 77.4 Å². The second-order valence-corrected chi connectivity index (χ2v) is 7.62. The van der Waals surface area contributed by atoms with Crippen molar-refractivity contribution in [2.24, 2.45) is 4.99 Å². The van der Waals surface area contributed by atoms with Crippen molar-refractivity contribution in [3.8, 4) is 11.5 Å². The van der Waals surface area contributed by atoms with Gasteiger partial charge in [0.15, 0.2) is 17.2 Å². The van der Waals surface area contributed by atoms with Gasteiger partial charge in [-0.3, -0.25) is 0 Å². The van der Waals surface area contributed by atoms with Crippen LogP contribution in [0.4, 0.5) is 0 Å². The van der Waals surface area contributed by atoms with E-state index in [1.165, 1.54) is 0 Å². The minimum atomic E-state index is -0.515. The molecule has 0 amide bonds. The minimum Gasteiger partial charge on any atom is -0.490 e. The Morgan fingerprint density at radius 3 is 2.56 bits per heavy atom. The number of esters is 1. The van der Waals surface area contributed by atoms with Crippen LogP contribution < -0.4 is 9.47 Å². The number of aryl methyl sites for hydroxylation is 1. The van der Waals surface area contributed by atoms with Crippen molar-refractivity contribution in [3.63, 3.8) is 0 Å². The van der Waals surface area contributed by atoms with E-state index in [-0.39, 0.29) is 11.6 Å². The van der Waals surface area contributed by atoms with Crippen molar-refractivity contribution >= 4 is 29.5 Å². The highest BCUT2D eigenvalue weighted by Gasteiger charge is 2.24. The topological polar surface area (TPSA) is 57.1 Å². The van der Waals surface area contributed by atoms with Gasteiger partial charge in [0.25, 0.3) is 0 Å². The smallest absolute Gasteiger partial charge is 0.363 e. The second-order valence-electron chi connectivity index (χ2n) is 7.21. The highest BCUT2D eigenvalue weighted by Crippen LogP contribution is 2.31. The summed E-state index contributed by atoms with van der Waals surface area (Å²) in [6.07, 6.45) is 1.66. The number of cyclic esters (lactones) is 1. The van der Waals surface area contributed by atoms with Crippen LogP contribution >= 0.6 is 11.6 Å². The Morgan fingerprint density at radius 1 is 1.00 bits per heavy atom. The normalized spacial score (nSPS) is 14.3. The Bertz CT molecular complexity index is 1200. The third-order valence-electron chi connectivity index (χ3n) is 4.85. The van der Waals surface area contributed by atoms with Gasteiger partial charge in [0.05, 0.1) is 6.61 Å². The summed E-state index contributed by atoms with van der Waals surface area (Å²) in [4.78, 5) is 16.7. The first-order chi connectivity index (χ1) is 15.5. The van der Waals surface area contributed by atoms with Gasteiger partial charge in [-0.05, 0) is 60.9 Å². The Balaban J connectivity index is 1.57. The predicted molar refractivity (Wildman–Crippen MR) is 125 cm³/mol. The molecule has 32 heavy (non-hydrogen) atoms. The largest absolute Gasteiger partial charge is 0.490 e. The van der Waals surface area contributed by atoms with Gasteiger partial charge < -0.3 is 14.2 Å². The quantitative estimate of drug-likeness (QED) is 0.330. The standard InChI is InChI=1S/C26H22ClNO4/c1-3-30-24-14-19(10-12-23(24)31-16-18-7-5-4-6-8-18)13-22-26(29)32-25(28-22)20-11-9-17(2)21(27)15-20/h4-15H,3,16H2,1-2H3/b22-13+. The van der Waals surface area contributed by atoms with Gasteiger partial charge in [0, 0.05) is 10.6 Å². The van der Waals surface area contributed by atoms with Crippen molar-refractivity contribution in [1.29, 1.82) is 0 Å². The van der Waals surface area contributed by atoms with Crippen molar-refractivity contribution < 1.29 is 19.0 Å². The molecule has 0 spiro atoms. The molecule has 3 aromatic carbocycles. The lowest BCUT2D eigenvalue weighted by atomic mass is 10.1. The van der Waals surface area contributed by atoms with Gasteiger partial charge in [0.1, 0.15) is 6.61 Å². The van der Waals surface area contributed by atoms with Gasteiger partial charge in [-0.25, -0.2) is 9.79 Å². The van der Waals surface area contributed by atoms with E-state index in [0.717, 1.165) is 16.7 Å². The Labute approximate surface area is 191 Å². The lowest BCUT2D eigenvalue weighted by molar-refractivity contribution is -0.129. The molecular formula is C26H22ClNO4. The summed E-state index contributed by atoms with van der Waals surface area (Å²) in [7, 11) is 0. The first kappa shape index (κ1) is 21.7. The van der Waals surface area contributed by atoms with E-state index >= 15 is 0 Å². The maximum absolute atomic E-state index is 12.4. The van der Waals surface area contributed by atoms with Crippen molar-refractivity contribution in [1.82, 2.24) is 0 Å². The third kappa shape index (κ3) is 5.01. The fourth-order valence-corrected chi connectivity index (χ4v) is 3.33. The molecule has 6 heteroatoms. The van der Waals surface area contributed by atoms with Crippen LogP contribution in [0.1, 0.15) is 29.2 Å². The lowest BCUT2D eigenvalue weighted by Gasteiger charge is -2.12. The summed E-state index contributed by atoms with van der Waals surface area (Å²) in [5, 5.41) is 0.589. The van der Waals surface area contributed by atoms with Gasteiger partial charge in [0.2, 0.25) is 5.90 Å². The summed E-state index contributed by atoms with van der Waals surface area (Å²) in [6.45, 7) is 4.73. The summed E-state index contributed by atoms with van der Waals surface area (Å²) in [5.74, 6) is 0.944.